The molecule has 7 nitrogen and oxygen atoms in total. The van der Waals surface area contributed by atoms with Crippen LogP contribution in [0, 0.1) is 0 Å². The third-order valence-corrected chi connectivity index (χ3v) is 3.62. The van der Waals surface area contributed by atoms with Crippen LogP contribution in [0.25, 0.3) is 0 Å². The Hall–Kier alpha value is -2.28. The summed E-state index contributed by atoms with van der Waals surface area (Å²) in [6, 6.07) is 6.71. The van der Waals surface area contributed by atoms with Gasteiger partial charge in [0.05, 0.1) is 25.8 Å². The summed E-state index contributed by atoms with van der Waals surface area (Å²) in [7, 11) is 3.17. The van der Waals surface area contributed by atoms with Crippen LogP contribution in [-0.2, 0) is 9.53 Å². The Bertz CT molecular complexity index is 564. The summed E-state index contributed by atoms with van der Waals surface area (Å²) in [5, 5.41) is 5.60. The third-order valence-electron chi connectivity index (χ3n) is 3.62. The molecule has 2 atom stereocenters. The van der Waals surface area contributed by atoms with E-state index in [0.717, 1.165) is 5.69 Å². The van der Waals surface area contributed by atoms with Crippen molar-refractivity contribution < 1.29 is 19.1 Å². The Morgan fingerprint density at radius 2 is 2.22 bits per heavy atom. The van der Waals surface area contributed by atoms with E-state index in [1.54, 1.807) is 25.2 Å². The molecule has 0 radical (unpaired) electrons. The molecule has 1 saturated heterocycles. The summed E-state index contributed by atoms with van der Waals surface area (Å²) in [5.74, 6) is 0.673. The molecule has 0 bridgehead atoms. The van der Waals surface area contributed by atoms with E-state index < -0.39 is 0 Å². The Kier molecular flexibility index (Phi) is 5.81. The fraction of sp³-hybridized carbons (Fsp3) is 0.500. The minimum Gasteiger partial charge on any atom is -0.497 e. The summed E-state index contributed by atoms with van der Waals surface area (Å²) in [6.07, 6.45) is 0.281. The van der Waals surface area contributed by atoms with Crippen molar-refractivity contribution in [3.05, 3.63) is 24.3 Å². The van der Waals surface area contributed by atoms with Crippen molar-refractivity contribution in [2.24, 2.45) is 0 Å². The van der Waals surface area contributed by atoms with Crippen LogP contribution in [0.4, 0.5) is 10.5 Å². The van der Waals surface area contributed by atoms with Gasteiger partial charge in [-0.25, -0.2) is 4.79 Å². The van der Waals surface area contributed by atoms with Gasteiger partial charge in [-0.2, -0.15) is 0 Å². The zero-order valence-corrected chi connectivity index (χ0v) is 13.7. The molecule has 1 aromatic carbocycles. The number of ether oxygens (including phenoxy) is 2. The molecule has 1 aliphatic heterocycles. The molecule has 0 saturated carbocycles. The monoisotopic (exact) mass is 321 g/mol. The number of amides is 3. The van der Waals surface area contributed by atoms with Gasteiger partial charge in [-0.3, -0.25) is 4.79 Å². The third kappa shape index (κ3) is 4.59. The maximum absolute atomic E-state index is 12.2. The van der Waals surface area contributed by atoms with E-state index in [4.69, 9.17) is 9.47 Å². The summed E-state index contributed by atoms with van der Waals surface area (Å²) in [5.41, 5.74) is 0.770. The Balaban J connectivity index is 1.93. The number of rotatable bonds is 6. The van der Waals surface area contributed by atoms with E-state index in [0.29, 0.717) is 18.9 Å². The Morgan fingerprint density at radius 1 is 1.43 bits per heavy atom. The number of nitrogens with one attached hydrogen (secondary N) is 2. The van der Waals surface area contributed by atoms with Gasteiger partial charge < -0.3 is 25.0 Å². The SMILES string of the molecule is COC[C@H](C)NC(=O)N[C@@H]1CC(=O)N(c2cccc(OC)c2)C1. The lowest BCUT2D eigenvalue weighted by atomic mass is 10.2. The van der Waals surface area contributed by atoms with Crippen molar-refractivity contribution in [2.75, 3.05) is 32.3 Å². The maximum Gasteiger partial charge on any atom is 0.315 e. The van der Waals surface area contributed by atoms with E-state index in [-0.39, 0.29) is 30.4 Å². The van der Waals surface area contributed by atoms with Crippen LogP contribution >= 0.6 is 0 Å². The Morgan fingerprint density at radius 3 is 2.91 bits per heavy atom. The van der Waals surface area contributed by atoms with Gasteiger partial charge in [-0.1, -0.05) is 6.07 Å². The average Bonchev–Trinajstić information content (AvgIpc) is 2.87. The van der Waals surface area contributed by atoms with Crippen LogP contribution in [0.2, 0.25) is 0 Å². The van der Waals surface area contributed by atoms with Crippen LogP contribution in [-0.4, -0.2) is 51.4 Å². The van der Waals surface area contributed by atoms with Crippen molar-refractivity contribution in [1.82, 2.24) is 10.6 Å². The lowest BCUT2D eigenvalue weighted by Gasteiger charge is -2.19. The standard InChI is InChI=1S/C16H23N3O4/c1-11(10-22-2)17-16(21)18-12-7-15(20)19(9-12)13-5-4-6-14(8-13)23-3/h4-6,8,11-12H,7,9-10H2,1-3H3,(H2,17,18,21)/t11-,12+/m0/s1. The van der Waals surface area contributed by atoms with Gasteiger partial charge in [-0.15, -0.1) is 0 Å². The molecule has 2 N–H and O–H groups in total. The van der Waals surface area contributed by atoms with Crippen molar-refractivity contribution in [1.29, 1.82) is 0 Å². The highest BCUT2D eigenvalue weighted by Gasteiger charge is 2.31. The van der Waals surface area contributed by atoms with E-state index in [9.17, 15) is 9.59 Å². The molecule has 0 unspecified atom stereocenters. The van der Waals surface area contributed by atoms with Crippen molar-refractivity contribution in [2.45, 2.75) is 25.4 Å². The molecule has 1 aliphatic rings. The second-order valence-corrected chi connectivity index (χ2v) is 5.58. The van der Waals surface area contributed by atoms with Crippen molar-refractivity contribution in [3.8, 4) is 5.75 Å². The number of methoxy groups -OCH3 is 2. The molecule has 1 heterocycles. The van der Waals surface area contributed by atoms with Crippen molar-refractivity contribution >= 4 is 17.6 Å². The minimum atomic E-state index is -0.292. The molecule has 23 heavy (non-hydrogen) atoms. The molecule has 0 aliphatic carbocycles. The molecule has 0 spiro atoms. The molecular formula is C16H23N3O4. The minimum absolute atomic E-state index is 0.0199. The molecule has 1 fully saturated rings. The summed E-state index contributed by atoms with van der Waals surface area (Å²) >= 11 is 0. The summed E-state index contributed by atoms with van der Waals surface area (Å²) in [6.45, 7) is 2.73. The normalized spacial score (nSPS) is 18.7. The van der Waals surface area contributed by atoms with Gasteiger partial charge in [0, 0.05) is 31.8 Å². The zero-order chi connectivity index (χ0) is 16.8. The van der Waals surface area contributed by atoms with Gasteiger partial charge in [0.25, 0.3) is 0 Å². The van der Waals surface area contributed by atoms with E-state index in [2.05, 4.69) is 10.6 Å². The number of benzene rings is 1. The van der Waals surface area contributed by atoms with Gasteiger partial charge in [0.2, 0.25) is 5.91 Å². The predicted molar refractivity (Wildman–Crippen MR) is 86.8 cm³/mol. The highest BCUT2D eigenvalue weighted by Crippen LogP contribution is 2.25. The second kappa shape index (κ2) is 7.82. The van der Waals surface area contributed by atoms with Crippen LogP contribution in [0.15, 0.2) is 24.3 Å². The van der Waals surface area contributed by atoms with Gasteiger partial charge in [0.1, 0.15) is 5.75 Å². The number of hydrogen-bond donors (Lipinski definition) is 2. The first kappa shape index (κ1) is 17.1. The summed E-state index contributed by atoms with van der Waals surface area (Å²) in [4.78, 5) is 25.8. The first-order valence-electron chi connectivity index (χ1n) is 7.54. The summed E-state index contributed by atoms with van der Waals surface area (Å²) < 4.78 is 10.1. The molecular weight excluding hydrogens is 298 g/mol. The molecule has 126 valence electrons. The number of carbonyl (C=O) groups is 2. The second-order valence-electron chi connectivity index (χ2n) is 5.58. The molecule has 3 amide bonds. The fourth-order valence-electron chi connectivity index (χ4n) is 2.57. The van der Waals surface area contributed by atoms with Gasteiger partial charge >= 0.3 is 6.03 Å². The maximum atomic E-state index is 12.2. The van der Waals surface area contributed by atoms with E-state index in [1.807, 2.05) is 25.1 Å². The van der Waals surface area contributed by atoms with E-state index in [1.165, 1.54) is 0 Å². The highest BCUT2D eigenvalue weighted by atomic mass is 16.5. The average molecular weight is 321 g/mol. The fourth-order valence-corrected chi connectivity index (χ4v) is 2.57. The predicted octanol–water partition coefficient (Wildman–Crippen LogP) is 1.13. The number of nitrogens with zero attached hydrogens (tertiary/aromatic N) is 1. The van der Waals surface area contributed by atoms with Gasteiger partial charge in [0.15, 0.2) is 0 Å². The first-order valence-corrected chi connectivity index (χ1v) is 7.54. The van der Waals surface area contributed by atoms with E-state index >= 15 is 0 Å². The zero-order valence-electron chi connectivity index (χ0n) is 13.7. The van der Waals surface area contributed by atoms with Crippen LogP contribution in [0.5, 0.6) is 5.75 Å². The first-order chi connectivity index (χ1) is 11.0. The highest BCUT2D eigenvalue weighted by molar-refractivity contribution is 5.97. The van der Waals surface area contributed by atoms with Crippen molar-refractivity contribution in [3.63, 3.8) is 0 Å². The molecule has 1 aromatic rings. The lowest BCUT2D eigenvalue weighted by molar-refractivity contribution is -0.117. The van der Waals surface area contributed by atoms with Gasteiger partial charge in [-0.05, 0) is 19.1 Å². The number of hydrogen-bond acceptors (Lipinski definition) is 4. The smallest absolute Gasteiger partial charge is 0.315 e. The Labute approximate surface area is 135 Å². The van der Waals surface area contributed by atoms with Crippen LogP contribution < -0.4 is 20.3 Å². The lowest BCUT2D eigenvalue weighted by Crippen LogP contribution is -2.47. The number of urea groups is 1. The molecule has 7 heteroatoms. The van der Waals surface area contributed by atoms with Crippen LogP contribution in [0.3, 0.4) is 0 Å². The quantitative estimate of drug-likeness (QED) is 0.823. The number of anilines is 1. The topological polar surface area (TPSA) is 79.9 Å². The largest absolute Gasteiger partial charge is 0.497 e. The molecule has 2 rings (SSSR count). The number of carbonyl (C=O) groups excluding carboxylic acids is 2. The van der Waals surface area contributed by atoms with Crippen LogP contribution in [0.1, 0.15) is 13.3 Å². The molecule has 0 aromatic heterocycles.